The largest absolute Gasteiger partial charge is 0.441 e. The lowest BCUT2D eigenvalue weighted by Gasteiger charge is -2.30. The lowest BCUT2D eigenvalue weighted by Crippen LogP contribution is -2.49. The Balaban J connectivity index is 0.000000267. The number of ether oxygens (including phenoxy) is 2. The van der Waals surface area contributed by atoms with Gasteiger partial charge in [-0.3, -0.25) is 9.59 Å². The molecule has 0 saturated carbocycles. The maximum Gasteiger partial charge on any atom is 0.417 e. The minimum Gasteiger partial charge on any atom is -0.441 e. The summed E-state index contributed by atoms with van der Waals surface area (Å²) < 4.78 is 11.0. The third-order valence-electron chi connectivity index (χ3n) is 8.95. The molecule has 2 aromatic rings. The number of rotatable bonds is 14. The van der Waals surface area contributed by atoms with Gasteiger partial charge in [-0.2, -0.15) is 11.8 Å². The first-order valence-corrected chi connectivity index (χ1v) is 18.4. The van der Waals surface area contributed by atoms with Crippen molar-refractivity contribution >= 4 is 35.8 Å². The van der Waals surface area contributed by atoms with E-state index < -0.39 is 23.4 Å². The van der Waals surface area contributed by atoms with Crippen molar-refractivity contribution in [3.05, 3.63) is 83.9 Å². The first kappa shape index (κ1) is 39.8. The van der Waals surface area contributed by atoms with Crippen LogP contribution in [-0.4, -0.2) is 94.1 Å². The number of imide groups is 2. The van der Waals surface area contributed by atoms with E-state index >= 15 is 0 Å². The molecular formula is C39H55N3O6S. The van der Waals surface area contributed by atoms with Crippen molar-refractivity contribution in [2.24, 2.45) is 5.92 Å². The van der Waals surface area contributed by atoms with Crippen LogP contribution in [0.5, 0.6) is 0 Å². The molecule has 0 aliphatic carbocycles. The third-order valence-corrected chi connectivity index (χ3v) is 9.91. The number of amides is 4. The number of hydrogen-bond acceptors (Lipinski definition) is 8. The van der Waals surface area contributed by atoms with Gasteiger partial charge in [0.05, 0.1) is 18.0 Å². The zero-order chi connectivity index (χ0) is 36.4. The summed E-state index contributed by atoms with van der Waals surface area (Å²) in [7, 11) is 3.92. The minimum atomic E-state index is -0.721. The van der Waals surface area contributed by atoms with Gasteiger partial charge in [0, 0.05) is 17.9 Å². The molecule has 2 heterocycles. The summed E-state index contributed by atoms with van der Waals surface area (Å²) in [6, 6.07) is 19.1. The molecule has 2 aliphatic rings. The Morgan fingerprint density at radius 3 is 1.76 bits per heavy atom. The van der Waals surface area contributed by atoms with Gasteiger partial charge < -0.3 is 14.4 Å². The van der Waals surface area contributed by atoms with Gasteiger partial charge >= 0.3 is 12.2 Å². The quantitative estimate of drug-likeness (QED) is 0.189. The summed E-state index contributed by atoms with van der Waals surface area (Å²) in [6.07, 6.45) is 2.87. The molecule has 2 aliphatic heterocycles. The third kappa shape index (κ3) is 10.7. The number of benzene rings is 2. The van der Waals surface area contributed by atoms with Crippen molar-refractivity contribution < 1.29 is 28.7 Å². The Morgan fingerprint density at radius 2 is 1.31 bits per heavy atom. The Bertz CT molecular complexity index is 1430. The number of carbonyl (C=O) groups excluding carboxylic acids is 4. The lowest BCUT2D eigenvalue weighted by molar-refractivity contribution is -0.134. The maximum atomic E-state index is 13.3. The van der Waals surface area contributed by atoms with Crippen LogP contribution in [-0.2, 0) is 31.9 Å². The Kier molecular flexibility index (Phi) is 14.5. The van der Waals surface area contributed by atoms with Crippen LogP contribution in [0.1, 0.15) is 71.9 Å². The summed E-state index contributed by atoms with van der Waals surface area (Å²) in [6.45, 7) is 16.1. The predicted molar refractivity (Wildman–Crippen MR) is 196 cm³/mol. The highest BCUT2D eigenvalue weighted by Gasteiger charge is 2.52. The zero-order valence-corrected chi connectivity index (χ0v) is 31.4. The fourth-order valence-electron chi connectivity index (χ4n) is 6.22. The van der Waals surface area contributed by atoms with E-state index in [1.807, 2.05) is 114 Å². The lowest BCUT2D eigenvalue weighted by atomic mass is 9.90. The van der Waals surface area contributed by atoms with E-state index in [1.165, 1.54) is 9.80 Å². The molecule has 0 N–H and O–H groups in total. The highest BCUT2D eigenvalue weighted by Crippen LogP contribution is 2.35. The van der Waals surface area contributed by atoms with Crippen LogP contribution >= 0.6 is 11.8 Å². The summed E-state index contributed by atoms with van der Waals surface area (Å²) in [5.74, 6) is 0.795. The number of unbranched alkanes of at least 4 members (excludes halogenated alkanes) is 1. The molecule has 0 bridgehead atoms. The number of hydrogen-bond donors (Lipinski definition) is 0. The number of thioether (sulfide) groups is 1. The fourth-order valence-corrected chi connectivity index (χ4v) is 6.79. The van der Waals surface area contributed by atoms with Crippen LogP contribution in [0, 0.1) is 5.92 Å². The topological polar surface area (TPSA) is 96.5 Å². The monoisotopic (exact) mass is 693 g/mol. The van der Waals surface area contributed by atoms with Gasteiger partial charge in [0.1, 0.15) is 11.2 Å². The molecule has 0 spiro atoms. The summed E-state index contributed by atoms with van der Waals surface area (Å²) in [5.41, 5.74) is 1.18. The van der Waals surface area contributed by atoms with Gasteiger partial charge in [-0.25, -0.2) is 19.4 Å². The minimum absolute atomic E-state index is 0.108. The Labute approximate surface area is 297 Å². The van der Waals surface area contributed by atoms with E-state index in [9.17, 15) is 19.2 Å². The average Bonchev–Trinajstić information content (AvgIpc) is 3.42. The smallest absolute Gasteiger partial charge is 0.417 e. The maximum absolute atomic E-state index is 13.3. The average molecular weight is 694 g/mol. The molecule has 0 unspecified atom stereocenters. The zero-order valence-electron chi connectivity index (χ0n) is 30.6. The van der Waals surface area contributed by atoms with Gasteiger partial charge in [-0.1, -0.05) is 93.9 Å². The highest BCUT2D eigenvalue weighted by molar-refractivity contribution is 7.99. The SMILES string of the molecule is C=C(CSCC)C(=O)N1C(=O)OC(C)(C)[C@@H]1Cc1ccccc1.CCCC[C@H](CN(C)C)C(=O)N1C(=O)OC(C)(C)[C@@H]1Cc1ccccc1. The molecule has 10 heteroatoms. The number of carbonyl (C=O) groups is 4. The molecule has 2 saturated heterocycles. The van der Waals surface area contributed by atoms with Crippen molar-refractivity contribution in [1.82, 2.24) is 14.7 Å². The normalized spacial score (nSPS) is 19.9. The molecule has 2 fully saturated rings. The Hall–Kier alpha value is -3.63. The highest BCUT2D eigenvalue weighted by atomic mass is 32.2. The van der Waals surface area contributed by atoms with E-state index in [-0.39, 0.29) is 29.8 Å². The van der Waals surface area contributed by atoms with Crippen molar-refractivity contribution in [1.29, 1.82) is 0 Å². The summed E-state index contributed by atoms with van der Waals surface area (Å²) >= 11 is 1.61. The van der Waals surface area contributed by atoms with Gasteiger partial charge in [0.15, 0.2) is 0 Å². The van der Waals surface area contributed by atoms with Gasteiger partial charge in [0.2, 0.25) is 5.91 Å². The van der Waals surface area contributed by atoms with Gasteiger partial charge in [-0.05, 0) is 77.9 Å². The van der Waals surface area contributed by atoms with E-state index in [4.69, 9.17) is 9.47 Å². The van der Waals surface area contributed by atoms with E-state index in [2.05, 4.69) is 13.5 Å². The van der Waals surface area contributed by atoms with E-state index in [1.54, 1.807) is 11.8 Å². The van der Waals surface area contributed by atoms with Crippen LogP contribution < -0.4 is 0 Å². The summed E-state index contributed by atoms with van der Waals surface area (Å²) in [5, 5.41) is 0. The van der Waals surface area contributed by atoms with Crippen LogP contribution in [0.2, 0.25) is 0 Å². The van der Waals surface area contributed by atoms with Crippen LogP contribution in [0.3, 0.4) is 0 Å². The van der Waals surface area contributed by atoms with Crippen LogP contribution in [0.4, 0.5) is 9.59 Å². The van der Waals surface area contributed by atoms with Gasteiger partial charge in [-0.15, -0.1) is 0 Å². The first-order chi connectivity index (χ1) is 23.1. The first-order valence-electron chi connectivity index (χ1n) is 17.2. The molecule has 2 aromatic carbocycles. The molecule has 268 valence electrons. The number of cyclic esters (lactones) is 2. The summed E-state index contributed by atoms with van der Waals surface area (Å²) in [4.78, 5) is 55.4. The van der Waals surface area contributed by atoms with Crippen molar-refractivity contribution in [2.45, 2.75) is 96.9 Å². The molecule has 4 rings (SSSR count). The van der Waals surface area contributed by atoms with E-state index in [0.29, 0.717) is 30.7 Å². The fraction of sp³-hybridized carbons (Fsp3) is 0.538. The van der Waals surface area contributed by atoms with Crippen molar-refractivity contribution in [3.63, 3.8) is 0 Å². The second-order valence-corrected chi connectivity index (χ2v) is 15.4. The van der Waals surface area contributed by atoms with E-state index in [0.717, 1.165) is 36.1 Å². The molecule has 9 nitrogen and oxygen atoms in total. The predicted octanol–water partition coefficient (Wildman–Crippen LogP) is 7.39. The molecular weight excluding hydrogens is 639 g/mol. The van der Waals surface area contributed by atoms with Gasteiger partial charge in [0.25, 0.3) is 5.91 Å². The number of nitrogens with zero attached hydrogens (tertiary/aromatic N) is 3. The molecule has 0 aromatic heterocycles. The second kappa shape index (κ2) is 17.9. The van der Waals surface area contributed by atoms with Crippen molar-refractivity contribution in [2.75, 3.05) is 32.1 Å². The Morgan fingerprint density at radius 1 is 0.837 bits per heavy atom. The molecule has 49 heavy (non-hydrogen) atoms. The molecule has 3 atom stereocenters. The second-order valence-electron chi connectivity index (χ2n) is 14.1. The van der Waals surface area contributed by atoms with Crippen molar-refractivity contribution in [3.8, 4) is 0 Å². The molecule has 4 amide bonds. The molecule has 0 radical (unpaired) electrons. The van der Waals surface area contributed by atoms with Crippen LogP contribution in [0.15, 0.2) is 72.8 Å². The standard InChI is InChI=1S/C21H32N2O3.C18H23NO3S/c1-6-7-13-17(15-22(4)5)19(24)23-18(21(2,3)26-20(23)25)14-16-11-9-8-10-12-16;1-5-23-12-13(2)16(20)19-15(18(3,4)22-17(19)21)11-14-9-7-6-8-10-14/h8-12,17-18H,6-7,13-15H2,1-5H3;6-10,15H,2,5,11-12H2,1,3-4H3/t17-,18+;15-/m10/s1. The van der Waals surface area contributed by atoms with Crippen LogP contribution in [0.25, 0.3) is 0 Å².